The maximum Gasteiger partial charge on any atom is 0.416 e. The Bertz CT molecular complexity index is 1610. The van der Waals surface area contributed by atoms with E-state index in [1.165, 1.54) is 12.1 Å². The van der Waals surface area contributed by atoms with Gasteiger partial charge in [0.15, 0.2) is 0 Å². The number of amidine groups is 1. The molecule has 3 aliphatic heterocycles. The molecule has 3 aromatic rings. The molecule has 6 rings (SSSR count). The number of rotatable bonds is 7. The van der Waals surface area contributed by atoms with Crippen molar-refractivity contribution in [3.8, 4) is 5.75 Å². The molecule has 0 saturated carbocycles. The Balaban J connectivity index is 1.16. The zero-order chi connectivity index (χ0) is 30.0. The minimum atomic E-state index is -4.54. The minimum absolute atomic E-state index is 0.0958. The number of halogens is 3. The zero-order valence-electron chi connectivity index (χ0n) is 23.8. The highest BCUT2D eigenvalue weighted by Gasteiger charge is 2.34. The van der Waals surface area contributed by atoms with Gasteiger partial charge in [-0.05, 0) is 65.9 Å². The third-order valence-electron chi connectivity index (χ3n) is 7.92. The summed E-state index contributed by atoms with van der Waals surface area (Å²) >= 11 is 0. The quantitative estimate of drug-likeness (QED) is 0.407. The lowest BCUT2D eigenvalue weighted by molar-refractivity contribution is -0.138. The van der Waals surface area contributed by atoms with Crippen LogP contribution in [0.25, 0.3) is 10.8 Å². The molecular formula is C32H33F3N6O2. The maximum atomic E-state index is 14.0. The van der Waals surface area contributed by atoms with Crippen molar-refractivity contribution in [3.05, 3.63) is 83.1 Å². The van der Waals surface area contributed by atoms with E-state index in [9.17, 15) is 18.0 Å². The topological polar surface area (TPSA) is 81.6 Å². The van der Waals surface area contributed by atoms with E-state index in [0.717, 1.165) is 54.6 Å². The van der Waals surface area contributed by atoms with Crippen molar-refractivity contribution >= 4 is 34.4 Å². The molecule has 3 aliphatic rings. The van der Waals surface area contributed by atoms with Gasteiger partial charge in [0.05, 0.1) is 12.1 Å². The van der Waals surface area contributed by atoms with Gasteiger partial charge in [-0.15, -0.1) is 0 Å². The molecule has 0 bridgehead atoms. The number of carbonyl (C=O) groups is 1. The van der Waals surface area contributed by atoms with Crippen LogP contribution in [0.3, 0.4) is 0 Å². The van der Waals surface area contributed by atoms with Crippen molar-refractivity contribution in [1.82, 2.24) is 15.1 Å². The first-order valence-corrected chi connectivity index (χ1v) is 14.4. The molecule has 8 nitrogen and oxygen atoms in total. The normalized spacial score (nSPS) is 19.6. The fourth-order valence-corrected chi connectivity index (χ4v) is 5.51. The highest BCUT2D eigenvalue weighted by atomic mass is 19.4. The molecule has 2 N–H and O–H groups in total. The first-order chi connectivity index (χ1) is 20.7. The van der Waals surface area contributed by atoms with Crippen LogP contribution in [-0.4, -0.2) is 80.1 Å². The molecule has 1 atom stereocenters. The number of anilines is 1. The van der Waals surface area contributed by atoms with Crippen LogP contribution < -0.4 is 15.4 Å². The van der Waals surface area contributed by atoms with Crippen LogP contribution >= 0.6 is 0 Å². The number of alkyl halides is 3. The van der Waals surface area contributed by atoms with Crippen molar-refractivity contribution in [2.75, 3.05) is 51.6 Å². The lowest BCUT2D eigenvalue weighted by atomic mass is 10.0. The monoisotopic (exact) mass is 590 g/mol. The maximum absolute atomic E-state index is 14.0. The number of fused-ring (bicyclic) bond motifs is 1. The van der Waals surface area contributed by atoms with Crippen molar-refractivity contribution < 1.29 is 22.7 Å². The molecule has 0 spiro atoms. The summed E-state index contributed by atoms with van der Waals surface area (Å²) in [4.78, 5) is 26.3. The number of benzene rings is 3. The molecule has 1 fully saturated rings. The number of likely N-dealkylation sites (N-methyl/N-ethyl adjacent to an activating group) is 1. The Morgan fingerprint density at radius 1 is 1.05 bits per heavy atom. The molecule has 43 heavy (non-hydrogen) atoms. The average Bonchev–Trinajstić information content (AvgIpc) is 3.54. The van der Waals surface area contributed by atoms with Crippen LogP contribution in [0.4, 0.5) is 18.9 Å². The molecule has 0 aliphatic carbocycles. The van der Waals surface area contributed by atoms with Crippen molar-refractivity contribution in [2.24, 2.45) is 9.98 Å². The lowest BCUT2D eigenvalue weighted by Crippen LogP contribution is -2.44. The van der Waals surface area contributed by atoms with Crippen LogP contribution in [0.15, 0.2) is 76.4 Å². The first kappa shape index (κ1) is 28.9. The van der Waals surface area contributed by atoms with Gasteiger partial charge in [-0.2, -0.15) is 13.2 Å². The first-order valence-electron chi connectivity index (χ1n) is 14.4. The number of hydrogen-bond donors (Lipinski definition) is 2. The summed E-state index contributed by atoms with van der Waals surface area (Å²) in [6.07, 6.45) is -0.413. The number of nitrogens with zero attached hydrogens (tertiary/aromatic N) is 4. The average molecular weight is 591 g/mol. The molecule has 0 aromatic heterocycles. The number of piperazine rings is 1. The summed E-state index contributed by atoms with van der Waals surface area (Å²) in [5.74, 6) is 1.73. The summed E-state index contributed by atoms with van der Waals surface area (Å²) in [7, 11) is 2.00. The van der Waals surface area contributed by atoms with Gasteiger partial charge < -0.3 is 20.3 Å². The predicted molar refractivity (Wildman–Crippen MR) is 162 cm³/mol. The number of dihydropyridines is 1. The van der Waals surface area contributed by atoms with Gasteiger partial charge in [0, 0.05) is 63.2 Å². The van der Waals surface area contributed by atoms with E-state index < -0.39 is 17.6 Å². The molecule has 0 radical (unpaired) electrons. The van der Waals surface area contributed by atoms with E-state index >= 15 is 0 Å². The second-order valence-corrected chi connectivity index (χ2v) is 11.1. The Labute approximate surface area is 247 Å². The Morgan fingerprint density at radius 3 is 2.63 bits per heavy atom. The minimum Gasteiger partial charge on any atom is -0.462 e. The predicted octanol–water partition coefficient (Wildman–Crippen LogP) is 4.97. The SMILES string of the molecule is CN1CCN(Cc2ccc(NC(=O)c3ccc4ccc(OC5=CC=NC(C6=NCCN6)C5)cc4c3)cc2C(F)(F)F)CC1. The van der Waals surface area contributed by atoms with Crippen molar-refractivity contribution in [1.29, 1.82) is 0 Å². The third kappa shape index (κ3) is 6.89. The standard InChI is InChI=1S/C32H33F3N6O2/c1-40-12-14-41(15-13-40)20-23-4-6-25(18-28(23)32(33,34)35)39-31(42)22-3-2-21-5-7-26(17-24(21)16-22)43-27-8-9-36-29(19-27)30-37-10-11-38-30/h2-9,16-18,29H,10-15,19-20H2,1H3,(H,37,38)(H,39,42). The van der Waals surface area contributed by atoms with Crippen LogP contribution in [0, 0.1) is 0 Å². The number of allylic oxidation sites excluding steroid dienone is 1. The fraction of sp³-hybridized carbons (Fsp3) is 0.344. The van der Waals surface area contributed by atoms with Crippen LogP contribution in [-0.2, 0) is 12.7 Å². The highest BCUT2D eigenvalue weighted by molar-refractivity contribution is 6.06. The van der Waals surface area contributed by atoms with Crippen molar-refractivity contribution in [3.63, 3.8) is 0 Å². The summed E-state index contributed by atoms with van der Waals surface area (Å²) in [5, 5.41) is 7.58. The second kappa shape index (κ2) is 12.2. The van der Waals surface area contributed by atoms with Crippen molar-refractivity contribution in [2.45, 2.75) is 25.2 Å². The summed E-state index contributed by atoms with van der Waals surface area (Å²) in [6, 6.07) is 14.7. The van der Waals surface area contributed by atoms with E-state index in [4.69, 9.17) is 4.74 Å². The van der Waals surface area contributed by atoms with Crippen LogP contribution in [0.5, 0.6) is 5.75 Å². The smallest absolute Gasteiger partial charge is 0.416 e. The Hall–Kier alpha value is -4.22. The Morgan fingerprint density at radius 2 is 1.86 bits per heavy atom. The molecule has 1 amide bonds. The van der Waals surface area contributed by atoms with Crippen LogP contribution in [0.1, 0.15) is 27.9 Å². The van der Waals surface area contributed by atoms with Gasteiger partial charge in [0.25, 0.3) is 5.91 Å². The number of aliphatic imine (C=N–C) groups is 2. The molecular weight excluding hydrogens is 557 g/mol. The number of nitrogens with one attached hydrogen (secondary N) is 2. The molecule has 3 heterocycles. The van der Waals surface area contributed by atoms with E-state index in [2.05, 4.69) is 25.5 Å². The number of carbonyl (C=O) groups excluding carboxylic acids is 1. The lowest BCUT2D eigenvalue weighted by Gasteiger charge is -2.33. The molecule has 1 saturated heterocycles. The highest BCUT2D eigenvalue weighted by Crippen LogP contribution is 2.35. The summed E-state index contributed by atoms with van der Waals surface area (Å²) in [6.45, 7) is 4.82. The van der Waals surface area contributed by atoms with Gasteiger partial charge in [-0.3, -0.25) is 19.7 Å². The number of ether oxygens (including phenoxy) is 1. The second-order valence-electron chi connectivity index (χ2n) is 11.1. The number of hydrogen-bond acceptors (Lipinski definition) is 7. The van der Waals surface area contributed by atoms with Gasteiger partial charge >= 0.3 is 6.18 Å². The van der Waals surface area contributed by atoms with E-state index in [1.54, 1.807) is 24.4 Å². The van der Waals surface area contributed by atoms with Gasteiger partial charge in [0.2, 0.25) is 0 Å². The summed E-state index contributed by atoms with van der Waals surface area (Å²) in [5.41, 5.74) is -0.108. The van der Waals surface area contributed by atoms with E-state index in [0.29, 0.717) is 30.8 Å². The molecule has 224 valence electrons. The Kier molecular flexibility index (Phi) is 8.18. The fourth-order valence-electron chi connectivity index (χ4n) is 5.51. The van der Waals surface area contributed by atoms with E-state index in [-0.39, 0.29) is 23.8 Å². The number of amides is 1. The molecule has 11 heteroatoms. The molecule has 3 aromatic carbocycles. The van der Waals surface area contributed by atoms with E-state index in [1.807, 2.05) is 36.2 Å². The van der Waals surface area contributed by atoms with Gasteiger partial charge in [-0.1, -0.05) is 18.2 Å². The van der Waals surface area contributed by atoms with Crippen LogP contribution in [0.2, 0.25) is 0 Å². The largest absolute Gasteiger partial charge is 0.462 e. The zero-order valence-corrected chi connectivity index (χ0v) is 23.8. The van der Waals surface area contributed by atoms with Gasteiger partial charge in [0.1, 0.15) is 23.4 Å². The molecule has 1 unspecified atom stereocenters. The van der Waals surface area contributed by atoms with Gasteiger partial charge in [-0.25, -0.2) is 0 Å². The summed E-state index contributed by atoms with van der Waals surface area (Å²) < 4.78 is 48.2. The third-order valence-corrected chi connectivity index (χ3v) is 7.92.